The Labute approximate surface area is 253 Å². The lowest BCUT2D eigenvalue weighted by Gasteiger charge is -2.29. The molecule has 2 aliphatic heterocycles. The highest BCUT2D eigenvalue weighted by Gasteiger charge is 2.29. The number of rotatable bonds is 11. The highest BCUT2D eigenvalue weighted by atomic mass is 32.3. The summed E-state index contributed by atoms with van der Waals surface area (Å²) < 4.78 is 45.1. The maximum atomic E-state index is 14.2. The average molecular weight is 615 g/mol. The van der Waals surface area contributed by atoms with E-state index < -0.39 is 20.1 Å². The fraction of sp³-hybridized carbons (Fsp3) is 0.531. The minimum atomic E-state index is -3.88. The van der Waals surface area contributed by atoms with Crippen molar-refractivity contribution in [1.29, 1.82) is 0 Å². The predicted molar refractivity (Wildman–Crippen MR) is 173 cm³/mol. The predicted octanol–water partition coefficient (Wildman–Crippen LogP) is 5.75. The smallest absolute Gasteiger partial charge is 0.210 e. The molecule has 2 aliphatic rings. The van der Waals surface area contributed by atoms with Crippen molar-refractivity contribution in [2.75, 3.05) is 76.4 Å². The number of sulfone groups is 1. The summed E-state index contributed by atoms with van der Waals surface area (Å²) in [5, 5.41) is 0.772. The molecule has 0 spiro atoms. The second kappa shape index (κ2) is 13.5. The molecule has 0 amide bonds. The van der Waals surface area contributed by atoms with Crippen LogP contribution in [0.25, 0.3) is 10.9 Å². The fourth-order valence-corrected chi connectivity index (χ4v) is 8.10. The SMILES string of the molecule is CCCCOc1ccc(S(=O)(=O)c2cnc3ccc(S(C)(C)O)cc3c2N2CCCN(CCN3CCCC3)CC2)cc1. The molecule has 0 unspecified atom stereocenters. The second-order valence-corrected chi connectivity index (χ2v) is 16.8. The van der Waals surface area contributed by atoms with Crippen molar-refractivity contribution in [2.45, 2.75) is 53.7 Å². The number of hydrogen-bond acceptors (Lipinski definition) is 8. The van der Waals surface area contributed by atoms with Crippen molar-refractivity contribution in [3.05, 3.63) is 48.7 Å². The molecule has 0 atom stereocenters. The zero-order chi connectivity index (χ0) is 29.7. The van der Waals surface area contributed by atoms with Gasteiger partial charge in [0.15, 0.2) is 0 Å². The Bertz CT molecular complexity index is 1450. The van der Waals surface area contributed by atoms with Gasteiger partial charge >= 0.3 is 0 Å². The minimum Gasteiger partial charge on any atom is -0.494 e. The summed E-state index contributed by atoms with van der Waals surface area (Å²) in [5.41, 5.74) is 1.42. The van der Waals surface area contributed by atoms with Crippen LogP contribution < -0.4 is 9.64 Å². The zero-order valence-electron chi connectivity index (χ0n) is 25.3. The Morgan fingerprint density at radius 3 is 2.21 bits per heavy atom. The highest BCUT2D eigenvalue weighted by molar-refractivity contribution is 8.28. The average Bonchev–Trinajstić information content (AvgIpc) is 3.39. The van der Waals surface area contributed by atoms with Crippen molar-refractivity contribution in [2.24, 2.45) is 0 Å². The number of anilines is 1. The van der Waals surface area contributed by atoms with Crippen LogP contribution in [-0.2, 0) is 9.84 Å². The largest absolute Gasteiger partial charge is 0.494 e. The van der Waals surface area contributed by atoms with E-state index >= 15 is 0 Å². The number of pyridine rings is 1. The molecule has 3 aromatic rings. The molecule has 5 rings (SSSR count). The van der Waals surface area contributed by atoms with Gasteiger partial charge in [0, 0.05) is 49.2 Å². The molecule has 1 N–H and O–H groups in total. The van der Waals surface area contributed by atoms with E-state index in [1.807, 2.05) is 30.7 Å². The van der Waals surface area contributed by atoms with Crippen molar-refractivity contribution in [1.82, 2.24) is 14.8 Å². The zero-order valence-corrected chi connectivity index (χ0v) is 26.9. The summed E-state index contributed by atoms with van der Waals surface area (Å²) in [4.78, 5) is 13.1. The molecule has 0 radical (unpaired) electrons. The van der Waals surface area contributed by atoms with Crippen LogP contribution in [0.15, 0.2) is 63.3 Å². The molecule has 42 heavy (non-hydrogen) atoms. The third-order valence-corrected chi connectivity index (χ3v) is 11.6. The molecule has 0 bridgehead atoms. The van der Waals surface area contributed by atoms with Crippen LogP contribution in [0.2, 0.25) is 0 Å². The molecule has 2 aromatic carbocycles. The molecular weight excluding hydrogens is 569 g/mol. The molecular formula is C32H46N4O4S2. The summed E-state index contributed by atoms with van der Waals surface area (Å²) in [7, 11) is -5.89. The fourth-order valence-electron chi connectivity index (χ4n) is 5.86. The second-order valence-electron chi connectivity index (χ2n) is 11.8. The van der Waals surface area contributed by atoms with E-state index in [0.717, 1.165) is 74.3 Å². The van der Waals surface area contributed by atoms with E-state index in [1.54, 1.807) is 24.3 Å². The maximum Gasteiger partial charge on any atom is 0.210 e. The van der Waals surface area contributed by atoms with Gasteiger partial charge in [-0.2, -0.15) is 0 Å². The summed E-state index contributed by atoms with van der Waals surface area (Å²) in [6.45, 7) is 10.6. The normalized spacial score (nSPS) is 18.0. The quantitative estimate of drug-likeness (QED) is 0.273. The number of aromatic nitrogens is 1. The van der Waals surface area contributed by atoms with Crippen LogP contribution in [0.4, 0.5) is 5.69 Å². The van der Waals surface area contributed by atoms with E-state index in [0.29, 0.717) is 18.0 Å². The molecule has 8 nitrogen and oxygen atoms in total. The van der Waals surface area contributed by atoms with Gasteiger partial charge in [-0.3, -0.25) is 4.98 Å². The van der Waals surface area contributed by atoms with Crippen molar-refractivity contribution in [3.63, 3.8) is 0 Å². The molecule has 230 valence electrons. The van der Waals surface area contributed by atoms with Gasteiger partial charge in [-0.05, 0) is 100 Å². The number of ether oxygens (including phenoxy) is 1. The van der Waals surface area contributed by atoms with Gasteiger partial charge in [-0.1, -0.05) is 13.3 Å². The number of nitrogens with zero attached hydrogens (tertiary/aromatic N) is 4. The summed E-state index contributed by atoms with van der Waals surface area (Å²) in [6.07, 6.45) is 10.7. The highest BCUT2D eigenvalue weighted by Crippen LogP contribution is 2.47. The van der Waals surface area contributed by atoms with Crippen molar-refractivity contribution < 1.29 is 17.7 Å². The topological polar surface area (TPSA) is 86.2 Å². The van der Waals surface area contributed by atoms with Crippen LogP contribution in [0.3, 0.4) is 0 Å². The van der Waals surface area contributed by atoms with E-state index in [1.165, 1.54) is 32.1 Å². The molecule has 3 heterocycles. The summed E-state index contributed by atoms with van der Waals surface area (Å²) in [5.74, 6) is 0.665. The lowest BCUT2D eigenvalue weighted by Crippen LogP contribution is -2.36. The first-order valence-corrected chi connectivity index (χ1v) is 19.1. The Hall–Kier alpha value is -2.37. The standard InChI is InChI=1S/C32H46N4O4S2/c1-4-5-23-40-26-9-11-27(12-10-26)42(38,39)31-25-33-30-14-13-28(41(2,3)37)24-29(30)32(31)36-18-8-17-35(21-22-36)20-19-34-15-6-7-16-34/h9-14,24-25,37H,4-8,15-23H2,1-3H3. The van der Waals surface area contributed by atoms with Gasteiger partial charge in [-0.25, -0.2) is 8.42 Å². The maximum absolute atomic E-state index is 14.2. The Balaban J connectivity index is 1.50. The third-order valence-electron chi connectivity index (χ3n) is 8.38. The van der Waals surface area contributed by atoms with Gasteiger partial charge in [0.1, 0.15) is 10.6 Å². The first-order chi connectivity index (χ1) is 20.2. The van der Waals surface area contributed by atoms with E-state index in [4.69, 9.17) is 4.74 Å². The Morgan fingerprint density at radius 1 is 0.857 bits per heavy atom. The van der Waals surface area contributed by atoms with Crippen molar-refractivity contribution >= 4 is 36.7 Å². The number of hydrogen-bond donors (Lipinski definition) is 1. The van der Waals surface area contributed by atoms with Crippen LogP contribution in [0, 0.1) is 0 Å². The summed E-state index contributed by atoms with van der Waals surface area (Å²) in [6, 6.07) is 12.5. The van der Waals surface area contributed by atoms with Gasteiger partial charge in [0.05, 0.1) is 22.7 Å². The number of fused-ring (bicyclic) bond motifs is 1. The van der Waals surface area contributed by atoms with Crippen LogP contribution in [0.1, 0.15) is 39.0 Å². The van der Waals surface area contributed by atoms with Gasteiger partial charge in [0.25, 0.3) is 0 Å². The van der Waals surface area contributed by atoms with E-state index in [-0.39, 0.29) is 9.79 Å². The van der Waals surface area contributed by atoms with Gasteiger partial charge in [0.2, 0.25) is 9.84 Å². The van der Waals surface area contributed by atoms with E-state index in [9.17, 15) is 13.0 Å². The molecule has 2 fully saturated rings. The lowest BCUT2D eigenvalue weighted by molar-refractivity contribution is 0.236. The van der Waals surface area contributed by atoms with Crippen LogP contribution >= 0.6 is 10.3 Å². The third kappa shape index (κ3) is 7.22. The molecule has 0 aliphatic carbocycles. The molecule has 0 saturated carbocycles. The number of likely N-dealkylation sites (tertiary alicyclic amines) is 1. The van der Waals surface area contributed by atoms with Crippen LogP contribution in [-0.4, -0.2) is 99.2 Å². The molecule has 2 saturated heterocycles. The summed E-state index contributed by atoms with van der Waals surface area (Å²) >= 11 is 0. The molecule has 10 heteroatoms. The number of unbranched alkanes of at least 4 members (excludes halogenated alkanes) is 1. The van der Waals surface area contributed by atoms with Crippen molar-refractivity contribution in [3.8, 4) is 5.75 Å². The van der Waals surface area contributed by atoms with Gasteiger partial charge < -0.3 is 24.0 Å². The van der Waals surface area contributed by atoms with Gasteiger partial charge in [-0.15, -0.1) is 10.3 Å². The van der Waals surface area contributed by atoms with E-state index in [2.05, 4.69) is 26.6 Å². The van der Waals surface area contributed by atoms with Crippen LogP contribution in [0.5, 0.6) is 5.75 Å². The molecule has 1 aromatic heterocycles. The minimum absolute atomic E-state index is 0.211. The Morgan fingerprint density at radius 2 is 1.52 bits per heavy atom. The monoisotopic (exact) mass is 614 g/mol. The first kappa shape index (κ1) is 31.1. The number of benzene rings is 2. The lowest BCUT2D eigenvalue weighted by atomic mass is 10.1. The first-order valence-electron chi connectivity index (χ1n) is 15.2. The Kier molecular flexibility index (Phi) is 9.99.